The number of aryl methyl sites for hydroxylation is 1. The van der Waals surface area contributed by atoms with Crippen LogP contribution in [-0.4, -0.2) is 29.6 Å². The zero-order chi connectivity index (χ0) is 18.7. The van der Waals surface area contributed by atoms with Gasteiger partial charge < -0.3 is 9.47 Å². The van der Waals surface area contributed by atoms with Gasteiger partial charge in [-0.15, -0.1) is 11.3 Å². The first-order valence-electron chi connectivity index (χ1n) is 8.06. The molecule has 0 fully saturated rings. The van der Waals surface area contributed by atoms with Crippen LogP contribution in [0, 0.1) is 6.92 Å². The molecule has 0 radical (unpaired) electrons. The molecule has 0 saturated heterocycles. The zero-order valence-corrected chi connectivity index (χ0v) is 16.2. The number of hydrogen-bond donors (Lipinski definition) is 0. The van der Waals surface area contributed by atoms with Crippen molar-refractivity contribution >= 4 is 39.4 Å². The molecule has 0 atom stereocenters. The Hall–Kier alpha value is -2.38. The van der Waals surface area contributed by atoms with Crippen molar-refractivity contribution in [2.24, 2.45) is 5.10 Å². The highest BCUT2D eigenvalue weighted by Gasteiger charge is 2.12. The summed E-state index contributed by atoms with van der Waals surface area (Å²) in [6.07, 6.45) is 2.41. The van der Waals surface area contributed by atoms with Crippen molar-refractivity contribution in [1.29, 1.82) is 0 Å². The average Bonchev–Trinajstić information content (AvgIpc) is 3.08. The Kier molecular flexibility index (Phi) is 5.58. The molecule has 2 aromatic heterocycles. The van der Waals surface area contributed by atoms with E-state index < -0.39 is 0 Å². The minimum atomic E-state index is -0.203. The van der Waals surface area contributed by atoms with Crippen LogP contribution >= 0.6 is 22.9 Å². The van der Waals surface area contributed by atoms with Crippen LogP contribution in [0.15, 0.2) is 33.5 Å². The van der Waals surface area contributed by atoms with E-state index in [9.17, 15) is 4.79 Å². The number of fused-ring (bicyclic) bond motifs is 1. The topological polar surface area (TPSA) is 65.7 Å². The Morgan fingerprint density at radius 1 is 1.42 bits per heavy atom. The second kappa shape index (κ2) is 7.88. The van der Waals surface area contributed by atoms with Gasteiger partial charge in [0.2, 0.25) is 0 Å². The van der Waals surface area contributed by atoms with E-state index in [0.29, 0.717) is 44.7 Å². The molecular weight excluding hydrogens is 374 g/mol. The number of halogens is 1. The molecule has 0 bridgehead atoms. The number of thiophene rings is 1. The lowest BCUT2D eigenvalue weighted by atomic mass is 10.2. The van der Waals surface area contributed by atoms with E-state index in [2.05, 4.69) is 10.1 Å². The van der Waals surface area contributed by atoms with E-state index in [1.165, 1.54) is 16.0 Å². The molecule has 0 amide bonds. The number of nitrogens with zero attached hydrogens (tertiary/aromatic N) is 3. The normalized spacial score (nSPS) is 11.4. The third-order valence-electron chi connectivity index (χ3n) is 3.66. The minimum absolute atomic E-state index is 0.203. The van der Waals surface area contributed by atoms with E-state index in [0.717, 1.165) is 6.42 Å². The Morgan fingerprint density at radius 3 is 2.96 bits per heavy atom. The first-order chi connectivity index (χ1) is 12.5. The smallest absolute Gasteiger partial charge is 0.282 e. The highest BCUT2D eigenvalue weighted by molar-refractivity contribution is 7.16. The summed E-state index contributed by atoms with van der Waals surface area (Å²) in [6, 6.07) is 5.23. The first kappa shape index (κ1) is 18.4. The summed E-state index contributed by atoms with van der Waals surface area (Å²) in [4.78, 5) is 17.7. The van der Waals surface area contributed by atoms with Crippen molar-refractivity contribution in [3.05, 3.63) is 50.3 Å². The van der Waals surface area contributed by atoms with E-state index >= 15 is 0 Å². The maximum atomic E-state index is 12.5. The van der Waals surface area contributed by atoms with Gasteiger partial charge in [-0.2, -0.15) is 9.78 Å². The van der Waals surface area contributed by atoms with Gasteiger partial charge in [-0.1, -0.05) is 18.5 Å². The summed E-state index contributed by atoms with van der Waals surface area (Å²) in [5, 5.41) is 7.10. The van der Waals surface area contributed by atoms with E-state index in [-0.39, 0.29) is 5.56 Å². The van der Waals surface area contributed by atoms with E-state index in [1.54, 1.807) is 38.4 Å². The van der Waals surface area contributed by atoms with Gasteiger partial charge in [0, 0.05) is 0 Å². The van der Waals surface area contributed by atoms with Crippen LogP contribution in [0.3, 0.4) is 0 Å². The first-order valence-corrected chi connectivity index (χ1v) is 9.32. The second-order valence-electron chi connectivity index (χ2n) is 5.54. The average molecular weight is 392 g/mol. The summed E-state index contributed by atoms with van der Waals surface area (Å²) < 4.78 is 12.3. The standard InChI is InChI=1S/C18H18ClN3O3S/c1-4-6-25-16-14(19)8-12(9-15(16)24-3)10-20-22-11(2)21-17-13(18(22)23)5-7-26-17/h5,7-10H,4,6H2,1-3H3. The monoisotopic (exact) mass is 391 g/mol. The molecule has 0 spiro atoms. The number of rotatable bonds is 6. The minimum Gasteiger partial charge on any atom is -0.493 e. The van der Waals surface area contributed by atoms with Gasteiger partial charge in [0.15, 0.2) is 11.5 Å². The van der Waals surface area contributed by atoms with Crippen molar-refractivity contribution in [2.75, 3.05) is 13.7 Å². The molecule has 0 N–H and O–H groups in total. The zero-order valence-electron chi connectivity index (χ0n) is 14.7. The summed E-state index contributed by atoms with van der Waals surface area (Å²) >= 11 is 7.74. The molecule has 0 aliphatic rings. The lowest BCUT2D eigenvalue weighted by molar-refractivity contribution is 0.294. The Balaban J connectivity index is 1.98. The molecule has 0 unspecified atom stereocenters. The number of aromatic nitrogens is 2. The van der Waals surface area contributed by atoms with Crippen LogP contribution < -0.4 is 15.0 Å². The maximum absolute atomic E-state index is 12.5. The predicted octanol–water partition coefficient (Wildman–Crippen LogP) is 4.10. The fourth-order valence-corrected chi connectivity index (χ4v) is 3.50. The predicted molar refractivity (Wildman–Crippen MR) is 105 cm³/mol. The molecule has 8 heteroatoms. The molecule has 2 heterocycles. The van der Waals surface area contributed by atoms with Crippen LogP contribution in [-0.2, 0) is 0 Å². The second-order valence-corrected chi connectivity index (χ2v) is 6.84. The molecule has 6 nitrogen and oxygen atoms in total. The van der Waals surface area contributed by atoms with Crippen molar-refractivity contribution in [1.82, 2.24) is 9.66 Å². The summed E-state index contributed by atoms with van der Waals surface area (Å²) in [5.74, 6) is 1.54. The quantitative estimate of drug-likeness (QED) is 0.593. The van der Waals surface area contributed by atoms with Gasteiger partial charge in [-0.3, -0.25) is 4.79 Å². The fourth-order valence-electron chi connectivity index (χ4n) is 2.42. The molecule has 3 rings (SSSR count). The van der Waals surface area contributed by atoms with Crippen molar-refractivity contribution in [3.8, 4) is 11.5 Å². The van der Waals surface area contributed by atoms with E-state index in [4.69, 9.17) is 21.1 Å². The van der Waals surface area contributed by atoms with Crippen molar-refractivity contribution in [3.63, 3.8) is 0 Å². The molecular formula is C18H18ClN3O3S. The van der Waals surface area contributed by atoms with E-state index in [1.807, 2.05) is 12.3 Å². The van der Waals surface area contributed by atoms with Crippen LogP contribution in [0.5, 0.6) is 11.5 Å². The fraction of sp³-hybridized carbons (Fsp3) is 0.278. The Morgan fingerprint density at radius 2 is 2.23 bits per heavy atom. The molecule has 3 aromatic rings. The number of hydrogen-bond acceptors (Lipinski definition) is 6. The third-order valence-corrected chi connectivity index (χ3v) is 4.75. The van der Waals surface area contributed by atoms with Crippen molar-refractivity contribution < 1.29 is 9.47 Å². The van der Waals surface area contributed by atoms with Gasteiger partial charge in [-0.05, 0) is 42.5 Å². The number of ether oxygens (including phenoxy) is 2. The van der Waals surface area contributed by atoms with Crippen LogP contribution in [0.1, 0.15) is 24.7 Å². The molecule has 0 aliphatic carbocycles. The van der Waals surface area contributed by atoms with Crippen molar-refractivity contribution in [2.45, 2.75) is 20.3 Å². The number of methoxy groups -OCH3 is 1. The van der Waals surface area contributed by atoms with Crippen LogP contribution in [0.4, 0.5) is 0 Å². The SMILES string of the molecule is CCCOc1c(Cl)cc(C=Nn2c(C)nc3sccc3c2=O)cc1OC. The molecule has 0 saturated carbocycles. The van der Waals surface area contributed by atoms with Crippen LogP contribution in [0.25, 0.3) is 10.2 Å². The Bertz CT molecular complexity index is 1030. The summed E-state index contributed by atoms with van der Waals surface area (Å²) in [6.45, 7) is 4.30. The maximum Gasteiger partial charge on any atom is 0.282 e. The van der Waals surface area contributed by atoms with Gasteiger partial charge in [-0.25, -0.2) is 4.98 Å². The summed E-state index contributed by atoms with van der Waals surface area (Å²) in [7, 11) is 1.55. The highest BCUT2D eigenvalue weighted by atomic mass is 35.5. The highest BCUT2D eigenvalue weighted by Crippen LogP contribution is 2.36. The molecule has 26 heavy (non-hydrogen) atoms. The van der Waals surface area contributed by atoms with Gasteiger partial charge in [0.25, 0.3) is 5.56 Å². The third kappa shape index (κ3) is 3.59. The lowest BCUT2D eigenvalue weighted by Crippen LogP contribution is -2.19. The number of benzene rings is 1. The molecule has 0 aliphatic heterocycles. The Labute approximate surface area is 159 Å². The summed E-state index contributed by atoms with van der Waals surface area (Å²) in [5.41, 5.74) is 0.485. The molecule has 1 aromatic carbocycles. The lowest BCUT2D eigenvalue weighted by Gasteiger charge is -2.12. The van der Waals surface area contributed by atoms with Gasteiger partial charge >= 0.3 is 0 Å². The van der Waals surface area contributed by atoms with Gasteiger partial charge in [0.05, 0.1) is 30.3 Å². The van der Waals surface area contributed by atoms with Gasteiger partial charge in [0.1, 0.15) is 10.7 Å². The largest absolute Gasteiger partial charge is 0.493 e. The van der Waals surface area contributed by atoms with Crippen LogP contribution in [0.2, 0.25) is 5.02 Å². The molecule has 136 valence electrons.